The second-order valence-electron chi connectivity index (χ2n) is 8.43. The van der Waals surface area contributed by atoms with Crippen molar-refractivity contribution in [3.63, 3.8) is 0 Å². The van der Waals surface area contributed by atoms with Crippen molar-refractivity contribution in [2.45, 2.75) is 25.2 Å². The molecule has 1 unspecified atom stereocenters. The van der Waals surface area contributed by atoms with Crippen molar-refractivity contribution in [2.75, 3.05) is 20.2 Å². The number of halogens is 1. The molecule has 0 radical (unpaired) electrons. The SMILES string of the molecule is COc1ccccc1-c1cc(C(=O)N2CCCC(c3ncc(Cc4ccc(F)cc4)o3)C2)[nH]n1. The summed E-state index contributed by atoms with van der Waals surface area (Å²) >= 11 is 0. The van der Waals surface area contributed by atoms with Crippen LogP contribution in [0.5, 0.6) is 5.75 Å². The molecule has 0 saturated carbocycles. The summed E-state index contributed by atoms with van der Waals surface area (Å²) in [6, 6.07) is 15.7. The van der Waals surface area contributed by atoms with Gasteiger partial charge >= 0.3 is 0 Å². The molecule has 34 heavy (non-hydrogen) atoms. The number of amides is 1. The third-order valence-corrected chi connectivity index (χ3v) is 6.11. The minimum absolute atomic E-state index is 0.0243. The monoisotopic (exact) mass is 460 g/mol. The minimum Gasteiger partial charge on any atom is -0.496 e. The standard InChI is InChI=1S/C26H25FN4O3/c1-33-24-7-3-2-6-21(24)22-14-23(30-29-22)26(32)31-12-4-5-18(16-31)25-28-15-20(34-25)13-17-8-10-19(27)11-9-17/h2-3,6-11,14-15,18H,4-5,12-13,16H2,1H3,(H,29,30). The number of aromatic amines is 1. The Hall–Kier alpha value is -3.94. The minimum atomic E-state index is -0.263. The lowest BCUT2D eigenvalue weighted by Crippen LogP contribution is -2.39. The van der Waals surface area contributed by atoms with Gasteiger partial charge in [0, 0.05) is 25.1 Å². The van der Waals surface area contributed by atoms with E-state index in [1.807, 2.05) is 29.2 Å². The van der Waals surface area contributed by atoms with Crippen molar-refractivity contribution in [2.24, 2.45) is 0 Å². The van der Waals surface area contributed by atoms with E-state index in [1.54, 1.807) is 31.5 Å². The number of likely N-dealkylation sites (tertiary alicyclic amines) is 1. The van der Waals surface area contributed by atoms with E-state index in [4.69, 9.17) is 9.15 Å². The molecule has 1 aliphatic heterocycles. The zero-order valence-corrected chi connectivity index (χ0v) is 18.8. The Morgan fingerprint density at radius 3 is 2.88 bits per heavy atom. The first-order valence-corrected chi connectivity index (χ1v) is 11.3. The van der Waals surface area contributed by atoms with Gasteiger partial charge in [0.05, 0.1) is 24.9 Å². The highest BCUT2D eigenvalue weighted by atomic mass is 19.1. The lowest BCUT2D eigenvalue weighted by Gasteiger charge is -2.30. The molecule has 1 aliphatic rings. The van der Waals surface area contributed by atoms with Gasteiger partial charge in [-0.05, 0) is 48.7 Å². The fraction of sp³-hybridized carbons (Fsp3) is 0.269. The molecule has 5 rings (SSSR count). The Labute approximate surface area is 196 Å². The molecular formula is C26H25FN4O3. The molecule has 1 N–H and O–H groups in total. The van der Waals surface area contributed by atoms with E-state index >= 15 is 0 Å². The van der Waals surface area contributed by atoms with Gasteiger partial charge in [-0.3, -0.25) is 9.89 Å². The maximum atomic E-state index is 13.2. The zero-order valence-electron chi connectivity index (χ0n) is 18.8. The topological polar surface area (TPSA) is 84.2 Å². The highest BCUT2D eigenvalue weighted by Crippen LogP contribution is 2.30. The second-order valence-corrected chi connectivity index (χ2v) is 8.43. The molecule has 0 aliphatic carbocycles. The molecule has 8 heteroatoms. The molecular weight excluding hydrogens is 435 g/mol. The summed E-state index contributed by atoms with van der Waals surface area (Å²) in [6.07, 6.45) is 4.02. The van der Waals surface area contributed by atoms with Gasteiger partial charge in [0.2, 0.25) is 0 Å². The van der Waals surface area contributed by atoms with E-state index in [2.05, 4.69) is 15.2 Å². The largest absolute Gasteiger partial charge is 0.496 e. The fourth-order valence-corrected chi connectivity index (χ4v) is 4.36. The molecule has 0 spiro atoms. The molecule has 2 aromatic heterocycles. The number of methoxy groups -OCH3 is 1. The molecule has 3 heterocycles. The molecule has 4 aromatic rings. The van der Waals surface area contributed by atoms with Crippen LogP contribution in [-0.2, 0) is 6.42 Å². The van der Waals surface area contributed by atoms with Crippen LogP contribution in [0.2, 0.25) is 0 Å². The first-order valence-electron chi connectivity index (χ1n) is 11.3. The molecule has 1 fully saturated rings. The number of nitrogens with one attached hydrogen (secondary N) is 1. The van der Waals surface area contributed by atoms with Crippen LogP contribution in [0, 0.1) is 5.82 Å². The van der Waals surface area contributed by atoms with Crippen molar-refractivity contribution in [3.05, 3.63) is 89.5 Å². The average molecular weight is 461 g/mol. The van der Waals surface area contributed by atoms with E-state index in [-0.39, 0.29) is 17.6 Å². The highest BCUT2D eigenvalue weighted by Gasteiger charge is 2.29. The number of hydrogen-bond donors (Lipinski definition) is 1. The summed E-state index contributed by atoms with van der Waals surface area (Å²) < 4.78 is 24.6. The van der Waals surface area contributed by atoms with E-state index in [0.717, 1.165) is 29.7 Å². The van der Waals surface area contributed by atoms with Crippen LogP contribution in [0.1, 0.15) is 46.5 Å². The Bertz CT molecular complexity index is 1280. The summed E-state index contributed by atoms with van der Waals surface area (Å²) in [5.41, 5.74) is 2.87. The Kier molecular flexibility index (Phi) is 6.12. The lowest BCUT2D eigenvalue weighted by atomic mass is 9.97. The van der Waals surface area contributed by atoms with Crippen LogP contribution in [0.3, 0.4) is 0 Å². The number of carbonyl (C=O) groups is 1. The van der Waals surface area contributed by atoms with Crippen molar-refractivity contribution in [1.29, 1.82) is 0 Å². The molecule has 7 nitrogen and oxygen atoms in total. The van der Waals surface area contributed by atoms with Gasteiger partial charge < -0.3 is 14.1 Å². The summed E-state index contributed by atoms with van der Waals surface area (Å²) in [5.74, 6) is 1.72. The van der Waals surface area contributed by atoms with E-state index < -0.39 is 0 Å². The van der Waals surface area contributed by atoms with E-state index in [0.29, 0.717) is 42.5 Å². The van der Waals surface area contributed by atoms with Gasteiger partial charge in [-0.15, -0.1) is 0 Å². The van der Waals surface area contributed by atoms with E-state index in [1.165, 1.54) is 12.1 Å². The van der Waals surface area contributed by atoms with Gasteiger partial charge in [0.15, 0.2) is 5.89 Å². The van der Waals surface area contributed by atoms with Gasteiger partial charge in [0.25, 0.3) is 5.91 Å². The third kappa shape index (κ3) is 4.57. The van der Waals surface area contributed by atoms with Gasteiger partial charge in [-0.25, -0.2) is 9.37 Å². The van der Waals surface area contributed by atoms with Crippen molar-refractivity contribution < 1.29 is 18.3 Å². The molecule has 1 amide bonds. The number of oxazole rings is 1. The number of carbonyl (C=O) groups excluding carboxylic acids is 1. The van der Waals surface area contributed by atoms with Crippen LogP contribution in [0.15, 0.2) is 65.2 Å². The fourth-order valence-electron chi connectivity index (χ4n) is 4.36. The molecule has 1 saturated heterocycles. The number of rotatable bonds is 6. The Balaban J connectivity index is 1.27. The van der Waals surface area contributed by atoms with Crippen LogP contribution in [-0.4, -0.2) is 46.2 Å². The zero-order chi connectivity index (χ0) is 23.5. The van der Waals surface area contributed by atoms with Crippen LogP contribution in [0.25, 0.3) is 11.3 Å². The lowest BCUT2D eigenvalue weighted by molar-refractivity contribution is 0.0692. The average Bonchev–Trinajstić information content (AvgIpc) is 3.55. The number of nitrogens with zero attached hydrogens (tertiary/aromatic N) is 3. The van der Waals surface area contributed by atoms with Crippen molar-refractivity contribution >= 4 is 5.91 Å². The number of H-pyrrole nitrogens is 1. The normalized spacial score (nSPS) is 15.9. The molecule has 1 atom stereocenters. The predicted octanol–water partition coefficient (Wildman–Crippen LogP) is 4.82. The quantitative estimate of drug-likeness (QED) is 0.446. The molecule has 174 valence electrons. The summed E-state index contributed by atoms with van der Waals surface area (Å²) in [5, 5.41) is 7.21. The predicted molar refractivity (Wildman–Crippen MR) is 124 cm³/mol. The summed E-state index contributed by atoms with van der Waals surface area (Å²) in [6.45, 7) is 1.19. The summed E-state index contributed by atoms with van der Waals surface area (Å²) in [7, 11) is 1.61. The van der Waals surface area contributed by atoms with E-state index in [9.17, 15) is 9.18 Å². The van der Waals surface area contributed by atoms with Crippen LogP contribution >= 0.6 is 0 Å². The number of piperidine rings is 1. The molecule has 2 aromatic carbocycles. The summed E-state index contributed by atoms with van der Waals surface area (Å²) in [4.78, 5) is 19.5. The number of benzene rings is 2. The second kappa shape index (κ2) is 9.51. The Morgan fingerprint density at radius 2 is 2.06 bits per heavy atom. The smallest absolute Gasteiger partial charge is 0.271 e. The maximum Gasteiger partial charge on any atom is 0.271 e. The van der Waals surface area contributed by atoms with Gasteiger partial charge in [-0.1, -0.05) is 24.3 Å². The first kappa shape index (κ1) is 21.9. The Morgan fingerprint density at radius 1 is 1.24 bits per heavy atom. The maximum absolute atomic E-state index is 13.2. The number of hydrogen-bond acceptors (Lipinski definition) is 5. The molecule has 0 bridgehead atoms. The van der Waals surface area contributed by atoms with Gasteiger partial charge in [-0.2, -0.15) is 5.10 Å². The number of ether oxygens (including phenoxy) is 1. The first-order chi connectivity index (χ1) is 16.6. The van der Waals surface area contributed by atoms with Crippen molar-refractivity contribution in [3.8, 4) is 17.0 Å². The third-order valence-electron chi connectivity index (χ3n) is 6.11. The van der Waals surface area contributed by atoms with Crippen molar-refractivity contribution in [1.82, 2.24) is 20.1 Å². The van der Waals surface area contributed by atoms with Gasteiger partial charge in [0.1, 0.15) is 23.0 Å². The highest BCUT2D eigenvalue weighted by molar-refractivity contribution is 5.93. The number of para-hydroxylation sites is 1. The van der Waals surface area contributed by atoms with Crippen LogP contribution < -0.4 is 4.74 Å². The van der Waals surface area contributed by atoms with Crippen LogP contribution in [0.4, 0.5) is 4.39 Å². The number of aromatic nitrogens is 3.